The van der Waals surface area contributed by atoms with E-state index in [9.17, 15) is 8.78 Å². The summed E-state index contributed by atoms with van der Waals surface area (Å²) in [5.41, 5.74) is 0.706. The molecule has 2 aromatic rings. The van der Waals surface area contributed by atoms with Crippen LogP contribution in [-0.2, 0) is 6.42 Å². The summed E-state index contributed by atoms with van der Waals surface area (Å²) < 4.78 is 26.5. The number of hydrogen-bond acceptors (Lipinski definition) is 4. The molecule has 0 radical (unpaired) electrons. The van der Waals surface area contributed by atoms with Gasteiger partial charge in [0.05, 0.1) is 0 Å². The Hall–Kier alpha value is -2.24. The Morgan fingerprint density at radius 1 is 1.18 bits per heavy atom. The highest BCUT2D eigenvalue weighted by Crippen LogP contribution is 2.28. The molecule has 1 aromatic carbocycles. The quantitative estimate of drug-likeness (QED) is 0.943. The minimum absolute atomic E-state index is 0.355. The van der Waals surface area contributed by atoms with Crippen molar-refractivity contribution in [1.82, 2.24) is 9.97 Å². The maximum atomic E-state index is 13.3. The molecule has 4 nitrogen and oxygen atoms in total. The van der Waals surface area contributed by atoms with Crippen LogP contribution in [0.15, 0.2) is 30.6 Å². The van der Waals surface area contributed by atoms with Gasteiger partial charge in [-0.1, -0.05) is 0 Å². The summed E-state index contributed by atoms with van der Waals surface area (Å²) in [4.78, 5) is 10.8. The van der Waals surface area contributed by atoms with Crippen molar-refractivity contribution in [3.05, 3.63) is 47.8 Å². The molecule has 0 spiro atoms. The number of nitrogens with zero attached hydrogens (tertiary/aromatic N) is 3. The third-order valence-corrected chi connectivity index (χ3v) is 3.95. The molecule has 1 saturated heterocycles. The molecule has 1 aliphatic rings. The van der Waals surface area contributed by atoms with Crippen molar-refractivity contribution in [3.63, 3.8) is 0 Å². The minimum atomic E-state index is -0.517. The highest BCUT2D eigenvalue weighted by molar-refractivity contribution is 5.60. The smallest absolute Gasteiger partial charge is 0.171 e. The van der Waals surface area contributed by atoms with Gasteiger partial charge in [0, 0.05) is 38.6 Å². The summed E-state index contributed by atoms with van der Waals surface area (Å²) in [5, 5.41) is 3.04. The van der Waals surface area contributed by atoms with E-state index in [1.165, 1.54) is 12.1 Å². The van der Waals surface area contributed by atoms with Crippen LogP contribution in [0.2, 0.25) is 0 Å². The first-order valence-electron chi connectivity index (χ1n) is 7.34. The first kappa shape index (κ1) is 14.7. The van der Waals surface area contributed by atoms with Crippen LogP contribution in [0.1, 0.15) is 12.0 Å². The summed E-state index contributed by atoms with van der Waals surface area (Å²) in [6, 6.07) is 3.73. The summed E-state index contributed by atoms with van der Waals surface area (Å²) in [6.07, 6.45) is 4.96. The van der Waals surface area contributed by atoms with Crippen molar-refractivity contribution >= 4 is 11.6 Å². The highest BCUT2D eigenvalue weighted by Gasteiger charge is 2.25. The van der Waals surface area contributed by atoms with E-state index in [0.717, 1.165) is 37.2 Å². The van der Waals surface area contributed by atoms with Crippen LogP contribution in [0.5, 0.6) is 0 Å². The van der Waals surface area contributed by atoms with Gasteiger partial charge in [-0.25, -0.2) is 18.7 Å². The summed E-state index contributed by atoms with van der Waals surface area (Å²) in [7, 11) is 1.82. The average Bonchev–Trinajstić information content (AvgIpc) is 2.94. The summed E-state index contributed by atoms with van der Waals surface area (Å²) in [6.45, 7) is 1.68. The topological polar surface area (TPSA) is 41.1 Å². The van der Waals surface area contributed by atoms with Crippen molar-refractivity contribution in [1.29, 1.82) is 0 Å². The molecular weight excluding hydrogens is 286 g/mol. The fourth-order valence-electron chi connectivity index (χ4n) is 2.99. The molecule has 6 heteroatoms. The fourth-order valence-corrected chi connectivity index (χ4v) is 2.99. The zero-order chi connectivity index (χ0) is 15.5. The maximum Gasteiger partial charge on any atom is 0.171 e. The van der Waals surface area contributed by atoms with Crippen LogP contribution >= 0.6 is 0 Å². The van der Waals surface area contributed by atoms with Gasteiger partial charge in [0.2, 0.25) is 0 Å². The van der Waals surface area contributed by atoms with E-state index in [2.05, 4.69) is 20.2 Å². The molecule has 0 saturated carbocycles. The highest BCUT2D eigenvalue weighted by atomic mass is 19.1. The average molecular weight is 304 g/mol. The molecule has 1 atom stereocenters. The molecule has 22 heavy (non-hydrogen) atoms. The van der Waals surface area contributed by atoms with E-state index < -0.39 is 11.6 Å². The standard InChI is InChI=1S/C16H18F2N4/c1-19-15-16(21-4-3-20-15)22-5-2-11(10-22)6-12-7-13(17)9-14(18)8-12/h3-4,7-9,11H,2,5-6,10H2,1H3,(H,19,20). The van der Waals surface area contributed by atoms with E-state index in [-0.39, 0.29) is 0 Å². The predicted octanol–water partition coefficient (Wildman–Crippen LogP) is 2.87. The molecule has 1 unspecified atom stereocenters. The van der Waals surface area contributed by atoms with E-state index in [4.69, 9.17) is 0 Å². The van der Waals surface area contributed by atoms with Crippen LogP contribution in [0.25, 0.3) is 0 Å². The lowest BCUT2D eigenvalue weighted by atomic mass is 9.98. The molecule has 0 aliphatic carbocycles. The van der Waals surface area contributed by atoms with Crippen LogP contribution in [-0.4, -0.2) is 30.1 Å². The second-order valence-corrected chi connectivity index (χ2v) is 5.56. The third-order valence-electron chi connectivity index (χ3n) is 3.95. The molecule has 1 aliphatic heterocycles. The van der Waals surface area contributed by atoms with Gasteiger partial charge in [-0.05, 0) is 36.5 Å². The normalized spacial score (nSPS) is 17.8. The number of halogens is 2. The minimum Gasteiger partial charge on any atom is -0.370 e. The molecule has 1 aromatic heterocycles. The van der Waals surface area contributed by atoms with Gasteiger partial charge < -0.3 is 10.2 Å². The number of nitrogens with one attached hydrogen (secondary N) is 1. The van der Waals surface area contributed by atoms with E-state index in [1.807, 2.05) is 7.05 Å². The van der Waals surface area contributed by atoms with Gasteiger partial charge in [-0.3, -0.25) is 0 Å². The lowest BCUT2D eigenvalue weighted by Gasteiger charge is -2.19. The van der Waals surface area contributed by atoms with Crippen LogP contribution in [0.4, 0.5) is 20.4 Å². The lowest BCUT2D eigenvalue weighted by molar-refractivity contribution is 0.558. The molecule has 1 fully saturated rings. The molecule has 2 heterocycles. The first-order chi connectivity index (χ1) is 10.7. The third kappa shape index (κ3) is 3.16. The Bertz CT molecular complexity index is 642. The summed E-state index contributed by atoms with van der Waals surface area (Å²) in [5.74, 6) is 0.901. The summed E-state index contributed by atoms with van der Waals surface area (Å²) >= 11 is 0. The van der Waals surface area contributed by atoms with Gasteiger partial charge in [0.1, 0.15) is 11.6 Å². The van der Waals surface area contributed by atoms with Crippen LogP contribution in [0.3, 0.4) is 0 Å². The second kappa shape index (κ2) is 6.25. The molecule has 116 valence electrons. The number of benzene rings is 1. The van der Waals surface area contributed by atoms with Crippen molar-refractivity contribution in [2.24, 2.45) is 5.92 Å². The molecule has 3 rings (SSSR count). The SMILES string of the molecule is CNc1nccnc1N1CCC(Cc2cc(F)cc(F)c2)C1. The van der Waals surface area contributed by atoms with Crippen molar-refractivity contribution < 1.29 is 8.78 Å². The van der Waals surface area contributed by atoms with Crippen molar-refractivity contribution in [2.75, 3.05) is 30.4 Å². The van der Waals surface area contributed by atoms with E-state index in [1.54, 1.807) is 12.4 Å². The number of hydrogen-bond donors (Lipinski definition) is 1. The van der Waals surface area contributed by atoms with Gasteiger partial charge >= 0.3 is 0 Å². The van der Waals surface area contributed by atoms with Gasteiger partial charge in [0.15, 0.2) is 11.6 Å². The van der Waals surface area contributed by atoms with Crippen molar-refractivity contribution in [2.45, 2.75) is 12.8 Å². The van der Waals surface area contributed by atoms with Gasteiger partial charge in [-0.2, -0.15) is 0 Å². The zero-order valence-electron chi connectivity index (χ0n) is 12.4. The fraction of sp³-hybridized carbons (Fsp3) is 0.375. The molecular formula is C16H18F2N4. The molecule has 1 N–H and O–H groups in total. The maximum absolute atomic E-state index is 13.3. The second-order valence-electron chi connectivity index (χ2n) is 5.56. The van der Waals surface area contributed by atoms with Gasteiger partial charge in [-0.15, -0.1) is 0 Å². The number of rotatable bonds is 4. The first-order valence-corrected chi connectivity index (χ1v) is 7.34. The van der Waals surface area contributed by atoms with Crippen LogP contribution < -0.4 is 10.2 Å². The van der Waals surface area contributed by atoms with E-state index >= 15 is 0 Å². The Balaban J connectivity index is 1.69. The lowest BCUT2D eigenvalue weighted by Crippen LogP contribution is -2.22. The Morgan fingerprint density at radius 2 is 1.91 bits per heavy atom. The Labute approximate surface area is 128 Å². The van der Waals surface area contributed by atoms with E-state index in [0.29, 0.717) is 17.9 Å². The predicted molar refractivity (Wildman–Crippen MR) is 82.0 cm³/mol. The van der Waals surface area contributed by atoms with Crippen molar-refractivity contribution in [3.8, 4) is 0 Å². The Kier molecular flexibility index (Phi) is 4.18. The molecule has 0 amide bonds. The Morgan fingerprint density at radius 3 is 2.64 bits per heavy atom. The number of aromatic nitrogens is 2. The largest absolute Gasteiger partial charge is 0.370 e. The molecule has 0 bridgehead atoms. The number of anilines is 2. The zero-order valence-corrected chi connectivity index (χ0v) is 12.4. The monoisotopic (exact) mass is 304 g/mol. The van der Waals surface area contributed by atoms with Gasteiger partial charge in [0.25, 0.3) is 0 Å². The van der Waals surface area contributed by atoms with Crippen LogP contribution in [0, 0.1) is 17.6 Å².